The third-order valence-corrected chi connectivity index (χ3v) is 4.60. The minimum atomic E-state index is -0.902. The number of pyridine rings is 1. The van der Waals surface area contributed by atoms with Gasteiger partial charge in [-0.1, -0.05) is 29.4 Å². The summed E-state index contributed by atoms with van der Waals surface area (Å²) in [4.78, 5) is 22.5. The average molecular weight is 360 g/mol. The zero-order valence-electron chi connectivity index (χ0n) is 12.1. The number of carboxylic acids is 1. The smallest absolute Gasteiger partial charge is 0.313 e. The van der Waals surface area contributed by atoms with Crippen LogP contribution in [0.1, 0.15) is 0 Å². The molecule has 0 saturated carbocycles. The summed E-state index contributed by atoms with van der Waals surface area (Å²) in [7, 11) is 0. The zero-order chi connectivity index (χ0) is 16.7. The van der Waals surface area contributed by atoms with Gasteiger partial charge in [0.15, 0.2) is 10.8 Å². The summed E-state index contributed by atoms with van der Waals surface area (Å²) in [6, 6.07) is 7.52. The number of imidazole rings is 1. The number of nitrogens with zero attached hydrogens (tertiary/aromatic N) is 3. The molecule has 4 aromatic rings. The topological polar surface area (TPSA) is 108 Å². The summed E-state index contributed by atoms with van der Waals surface area (Å²) in [5.74, 6) is -0.974. The van der Waals surface area contributed by atoms with E-state index >= 15 is 0 Å². The standard InChI is InChI=1S/C15H10ClN5O2S/c16-9-4-11-14(20-15(18-11)24-6-12(22)23)19-13(9)7-1-2-10-8(3-7)5-17-21-10/h1-5H,6H2,(H,17,21)(H,22,23)(H,18,19,20). The molecule has 7 nitrogen and oxygen atoms in total. The Hall–Kier alpha value is -2.58. The van der Waals surface area contributed by atoms with Crippen LogP contribution in [0.4, 0.5) is 0 Å². The molecule has 120 valence electrons. The van der Waals surface area contributed by atoms with Gasteiger partial charge in [0.05, 0.1) is 33.7 Å². The molecule has 0 aliphatic rings. The van der Waals surface area contributed by atoms with Crippen LogP contribution in [-0.2, 0) is 4.79 Å². The molecule has 0 saturated heterocycles. The van der Waals surface area contributed by atoms with Gasteiger partial charge in [0.25, 0.3) is 0 Å². The van der Waals surface area contributed by atoms with Gasteiger partial charge < -0.3 is 10.1 Å². The van der Waals surface area contributed by atoms with Crippen molar-refractivity contribution >= 4 is 51.4 Å². The molecule has 0 aliphatic heterocycles. The van der Waals surface area contributed by atoms with Gasteiger partial charge in [-0.3, -0.25) is 9.89 Å². The number of thioether (sulfide) groups is 1. The second kappa shape index (κ2) is 5.81. The number of hydrogen-bond acceptors (Lipinski definition) is 5. The molecule has 1 aromatic carbocycles. The molecule has 0 radical (unpaired) electrons. The van der Waals surface area contributed by atoms with Crippen LogP contribution in [0.2, 0.25) is 5.02 Å². The summed E-state index contributed by atoms with van der Waals surface area (Å²) in [6.07, 6.45) is 1.74. The molecule has 3 heterocycles. The maximum absolute atomic E-state index is 10.7. The first-order chi connectivity index (χ1) is 11.6. The predicted molar refractivity (Wildman–Crippen MR) is 92.3 cm³/mol. The fourth-order valence-electron chi connectivity index (χ4n) is 2.39. The molecule has 3 aromatic heterocycles. The van der Waals surface area contributed by atoms with Gasteiger partial charge in [-0.25, -0.2) is 9.97 Å². The first-order valence-corrected chi connectivity index (χ1v) is 8.31. The Morgan fingerprint density at radius 3 is 2.96 bits per heavy atom. The lowest BCUT2D eigenvalue weighted by molar-refractivity contribution is -0.133. The monoisotopic (exact) mass is 359 g/mol. The number of nitrogens with one attached hydrogen (secondary N) is 2. The summed E-state index contributed by atoms with van der Waals surface area (Å²) < 4.78 is 0. The number of rotatable bonds is 4. The van der Waals surface area contributed by atoms with E-state index in [9.17, 15) is 4.79 Å². The number of aliphatic carboxylic acids is 1. The Kier molecular flexibility index (Phi) is 3.62. The van der Waals surface area contributed by atoms with Gasteiger partial charge in [-0.15, -0.1) is 0 Å². The first-order valence-electron chi connectivity index (χ1n) is 6.94. The molecular weight excluding hydrogens is 350 g/mol. The SMILES string of the molecule is O=C(O)CSc1nc2nc(-c3ccc4[nH]ncc4c3)c(Cl)cc2[nH]1. The molecular formula is C15H10ClN5O2S. The van der Waals surface area contributed by atoms with Crippen molar-refractivity contribution in [3.63, 3.8) is 0 Å². The molecule has 0 spiro atoms. The van der Waals surface area contributed by atoms with Crippen molar-refractivity contribution in [2.75, 3.05) is 5.75 Å². The van der Waals surface area contributed by atoms with Crippen LogP contribution in [0, 0.1) is 0 Å². The molecule has 0 amide bonds. The Morgan fingerprint density at radius 1 is 1.25 bits per heavy atom. The van der Waals surface area contributed by atoms with Crippen molar-refractivity contribution in [1.29, 1.82) is 0 Å². The summed E-state index contributed by atoms with van der Waals surface area (Å²) in [5, 5.41) is 17.6. The largest absolute Gasteiger partial charge is 0.481 e. The van der Waals surface area contributed by atoms with Gasteiger partial charge in [0, 0.05) is 10.9 Å². The van der Waals surface area contributed by atoms with E-state index in [1.807, 2.05) is 18.2 Å². The normalized spacial score (nSPS) is 11.4. The van der Waals surface area contributed by atoms with Crippen LogP contribution in [0.3, 0.4) is 0 Å². The Morgan fingerprint density at radius 2 is 2.12 bits per heavy atom. The van der Waals surface area contributed by atoms with E-state index in [0.29, 0.717) is 27.0 Å². The van der Waals surface area contributed by atoms with E-state index in [2.05, 4.69) is 25.1 Å². The van der Waals surface area contributed by atoms with Gasteiger partial charge in [0.2, 0.25) is 0 Å². The third kappa shape index (κ3) is 2.70. The lowest BCUT2D eigenvalue weighted by atomic mass is 10.1. The van der Waals surface area contributed by atoms with Crippen molar-refractivity contribution in [2.24, 2.45) is 0 Å². The minimum absolute atomic E-state index is 0.0719. The average Bonchev–Trinajstić information content (AvgIpc) is 3.17. The zero-order valence-corrected chi connectivity index (χ0v) is 13.6. The number of halogens is 1. The fraction of sp³-hybridized carbons (Fsp3) is 0.0667. The Labute approximate surface area is 144 Å². The molecule has 0 bridgehead atoms. The van der Waals surface area contributed by atoms with E-state index in [1.54, 1.807) is 12.3 Å². The summed E-state index contributed by atoms with van der Waals surface area (Å²) in [6.45, 7) is 0. The van der Waals surface area contributed by atoms with E-state index in [0.717, 1.165) is 28.2 Å². The maximum Gasteiger partial charge on any atom is 0.313 e. The van der Waals surface area contributed by atoms with Crippen molar-refractivity contribution < 1.29 is 9.90 Å². The Balaban J connectivity index is 1.77. The molecule has 0 unspecified atom stereocenters. The number of fused-ring (bicyclic) bond motifs is 2. The lowest BCUT2D eigenvalue weighted by Gasteiger charge is -2.03. The molecule has 3 N–H and O–H groups in total. The number of aromatic amines is 2. The van der Waals surface area contributed by atoms with Gasteiger partial charge in [-0.05, 0) is 18.2 Å². The highest BCUT2D eigenvalue weighted by molar-refractivity contribution is 7.99. The van der Waals surface area contributed by atoms with Crippen molar-refractivity contribution in [3.8, 4) is 11.3 Å². The van der Waals surface area contributed by atoms with Crippen LogP contribution in [0.25, 0.3) is 33.3 Å². The molecule has 4 rings (SSSR count). The molecule has 0 atom stereocenters. The number of hydrogen-bond donors (Lipinski definition) is 3. The quantitative estimate of drug-likeness (QED) is 0.482. The first kappa shape index (κ1) is 15.0. The van der Waals surface area contributed by atoms with Crippen LogP contribution in [0.15, 0.2) is 35.6 Å². The van der Waals surface area contributed by atoms with E-state index in [1.165, 1.54) is 0 Å². The molecule has 0 fully saturated rings. The van der Waals surface area contributed by atoms with Crippen molar-refractivity contribution in [2.45, 2.75) is 5.16 Å². The molecule has 9 heteroatoms. The van der Waals surface area contributed by atoms with Crippen molar-refractivity contribution in [3.05, 3.63) is 35.5 Å². The second-order valence-electron chi connectivity index (χ2n) is 5.09. The van der Waals surface area contributed by atoms with E-state index in [4.69, 9.17) is 16.7 Å². The summed E-state index contributed by atoms with van der Waals surface area (Å²) >= 11 is 7.47. The predicted octanol–water partition coefficient (Wildman–Crippen LogP) is 3.33. The van der Waals surface area contributed by atoms with E-state index in [-0.39, 0.29) is 5.75 Å². The highest BCUT2D eigenvalue weighted by Gasteiger charge is 2.13. The van der Waals surface area contributed by atoms with Crippen LogP contribution in [-0.4, -0.2) is 42.0 Å². The van der Waals surface area contributed by atoms with Gasteiger partial charge in [-0.2, -0.15) is 5.10 Å². The number of H-pyrrole nitrogens is 2. The second-order valence-corrected chi connectivity index (χ2v) is 6.46. The Bertz CT molecular complexity index is 1070. The lowest BCUT2D eigenvalue weighted by Crippen LogP contribution is -1.97. The van der Waals surface area contributed by atoms with Crippen LogP contribution in [0.5, 0.6) is 0 Å². The van der Waals surface area contributed by atoms with E-state index < -0.39 is 5.97 Å². The van der Waals surface area contributed by atoms with Gasteiger partial charge >= 0.3 is 5.97 Å². The fourth-order valence-corrected chi connectivity index (χ4v) is 3.24. The molecule has 24 heavy (non-hydrogen) atoms. The number of carboxylic acid groups (broad SMARTS) is 1. The number of carbonyl (C=O) groups is 1. The number of aromatic nitrogens is 5. The highest BCUT2D eigenvalue weighted by Crippen LogP contribution is 2.31. The van der Waals surface area contributed by atoms with Gasteiger partial charge in [0.1, 0.15) is 0 Å². The highest BCUT2D eigenvalue weighted by atomic mass is 35.5. The van der Waals surface area contributed by atoms with Crippen LogP contribution < -0.4 is 0 Å². The minimum Gasteiger partial charge on any atom is -0.481 e. The molecule has 0 aliphatic carbocycles. The maximum atomic E-state index is 10.7. The summed E-state index contributed by atoms with van der Waals surface area (Å²) in [5.41, 5.74) is 3.57. The number of benzene rings is 1. The van der Waals surface area contributed by atoms with Crippen LogP contribution >= 0.6 is 23.4 Å². The van der Waals surface area contributed by atoms with Crippen molar-refractivity contribution in [1.82, 2.24) is 25.1 Å². The third-order valence-electron chi connectivity index (χ3n) is 3.45.